The van der Waals surface area contributed by atoms with E-state index in [1.165, 1.54) is 6.20 Å². The van der Waals surface area contributed by atoms with E-state index in [9.17, 15) is 24.4 Å². The molecule has 29 heavy (non-hydrogen) atoms. The van der Waals surface area contributed by atoms with Gasteiger partial charge in [-0.15, -0.1) is 0 Å². The van der Waals surface area contributed by atoms with E-state index in [0.29, 0.717) is 0 Å². The van der Waals surface area contributed by atoms with Gasteiger partial charge in [-0.3, -0.25) is 23.4 Å². The highest BCUT2D eigenvalue weighted by Gasteiger charge is 2.49. The fourth-order valence-electron chi connectivity index (χ4n) is 3.20. The lowest BCUT2D eigenvalue weighted by Crippen LogP contribution is -2.39. The van der Waals surface area contributed by atoms with Gasteiger partial charge in [-0.2, -0.15) is 0 Å². The largest absolute Gasteiger partial charge is 0.406 e. The number of nitrogens with zero attached hydrogens (tertiary/aromatic N) is 1. The van der Waals surface area contributed by atoms with Crippen LogP contribution in [0.4, 0.5) is 0 Å². The van der Waals surface area contributed by atoms with Crippen molar-refractivity contribution < 1.29 is 33.3 Å². The van der Waals surface area contributed by atoms with Crippen LogP contribution in [0.1, 0.15) is 27.0 Å². The van der Waals surface area contributed by atoms with Gasteiger partial charge in [0.15, 0.2) is 12.5 Å². The Hall–Kier alpha value is -1.37. The normalized spacial score (nSPS) is 34.6. The number of aliphatic hydroxyl groups excluding tert-OH is 2. The zero-order chi connectivity index (χ0) is 21.3. The molecule has 2 aliphatic rings. The lowest BCUT2D eigenvalue weighted by atomic mass is 9.99. The lowest BCUT2D eigenvalue weighted by Gasteiger charge is -2.26. The average Bonchev–Trinajstić information content (AvgIpc) is 2.83. The molecule has 0 spiro atoms. The Bertz CT molecular complexity index is 872. The van der Waals surface area contributed by atoms with Crippen molar-refractivity contribution in [2.75, 3.05) is 13.2 Å². The number of rotatable bonds is 6. The van der Waals surface area contributed by atoms with Crippen LogP contribution >= 0.6 is 7.75 Å². The van der Waals surface area contributed by atoms with Gasteiger partial charge in [0.2, 0.25) is 0 Å². The number of aliphatic hydroxyl groups is 2. The van der Waals surface area contributed by atoms with Crippen LogP contribution in [0.15, 0.2) is 21.9 Å². The van der Waals surface area contributed by atoms with Crippen molar-refractivity contribution in [3.05, 3.63) is 33.1 Å². The van der Waals surface area contributed by atoms with Gasteiger partial charge >= 0.3 is 13.4 Å². The van der Waals surface area contributed by atoms with Crippen molar-refractivity contribution in [2.45, 2.75) is 57.6 Å². The number of aromatic amines is 1. The zero-order valence-electron chi connectivity index (χ0n) is 16.3. The molecule has 0 radical (unpaired) electrons. The predicted octanol–water partition coefficient (Wildman–Crippen LogP) is -0.712. The third kappa shape index (κ3) is 5.04. The van der Waals surface area contributed by atoms with Gasteiger partial charge in [0, 0.05) is 18.2 Å². The molecule has 13 heteroatoms. The Morgan fingerprint density at radius 1 is 1.31 bits per heavy atom. The molecule has 0 aromatic carbocycles. The molecule has 164 valence electrons. The second-order valence-electron chi connectivity index (χ2n) is 7.32. The fourth-order valence-corrected chi connectivity index (χ4v) is 4.76. The number of ether oxygens (including phenoxy) is 2. The first-order valence-corrected chi connectivity index (χ1v) is 10.8. The second kappa shape index (κ2) is 8.78. The van der Waals surface area contributed by atoms with Crippen LogP contribution < -0.4 is 16.3 Å². The Labute approximate surface area is 166 Å². The van der Waals surface area contributed by atoms with Gasteiger partial charge in [-0.05, 0) is 20.8 Å². The summed E-state index contributed by atoms with van der Waals surface area (Å²) in [6.45, 7) is 4.73. The fraction of sp³-hybridized carbons (Fsp3) is 0.750. The summed E-state index contributed by atoms with van der Waals surface area (Å²) in [6.07, 6.45) is -3.14. The summed E-state index contributed by atoms with van der Waals surface area (Å²) in [7, 11) is -3.80. The number of H-pyrrole nitrogens is 1. The van der Waals surface area contributed by atoms with E-state index < -0.39 is 55.7 Å². The molecule has 7 atom stereocenters. The molecule has 3 rings (SSSR count). The van der Waals surface area contributed by atoms with Crippen molar-refractivity contribution in [1.82, 2.24) is 14.6 Å². The smallest absolute Gasteiger partial charge is 0.388 e. The summed E-state index contributed by atoms with van der Waals surface area (Å²) in [5.74, 6) is -0.622. The molecular formula is C16H26N3O9P. The minimum atomic E-state index is -3.80. The highest BCUT2D eigenvalue weighted by Crippen LogP contribution is 2.50. The van der Waals surface area contributed by atoms with E-state index in [1.807, 2.05) is 0 Å². The molecule has 0 saturated carbocycles. The first-order valence-electron chi connectivity index (χ1n) is 9.25. The van der Waals surface area contributed by atoms with Gasteiger partial charge in [0.1, 0.15) is 6.10 Å². The number of fused-ring (bicyclic) bond motifs is 1. The summed E-state index contributed by atoms with van der Waals surface area (Å²) in [4.78, 5) is 25.3. The summed E-state index contributed by atoms with van der Waals surface area (Å²) in [6, 6.07) is 0.391. The summed E-state index contributed by atoms with van der Waals surface area (Å²) in [5, 5.41) is 23.2. The molecule has 2 fully saturated rings. The molecule has 3 heterocycles. The summed E-state index contributed by atoms with van der Waals surface area (Å²) >= 11 is 0. The SMILES string of the molecule is CC(C)OC(O)C(C)NP1(=O)OC[C@H]2[C@@H](O)[C@H](n3ccc(=O)[nH]c3=O)O[C@@H]2CO1. The second-order valence-corrected chi connectivity index (χ2v) is 9.09. The monoisotopic (exact) mass is 435 g/mol. The molecule has 0 aliphatic carbocycles. The number of aromatic nitrogens is 2. The van der Waals surface area contributed by atoms with Crippen molar-refractivity contribution >= 4 is 7.75 Å². The van der Waals surface area contributed by atoms with E-state index in [-0.39, 0.29) is 19.3 Å². The highest BCUT2D eigenvalue weighted by atomic mass is 31.2. The Kier molecular flexibility index (Phi) is 6.76. The molecule has 0 bridgehead atoms. The highest BCUT2D eigenvalue weighted by molar-refractivity contribution is 7.51. The Morgan fingerprint density at radius 2 is 2.00 bits per heavy atom. The van der Waals surface area contributed by atoms with Crippen molar-refractivity contribution in [2.24, 2.45) is 5.92 Å². The maximum atomic E-state index is 12.9. The first kappa shape index (κ1) is 22.3. The molecular weight excluding hydrogens is 409 g/mol. The molecule has 2 saturated heterocycles. The Morgan fingerprint density at radius 3 is 2.66 bits per heavy atom. The molecule has 0 amide bonds. The minimum Gasteiger partial charge on any atom is -0.388 e. The minimum absolute atomic E-state index is 0.168. The van der Waals surface area contributed by atoms with Gasteiger partial charge in [-0.25, -0.2) is 14.4 Å². The number of hydrogen-bond donors (Lipinski definition) is 4. The maximum absolute atomic E-state index is 12.9. The van der Waals surface area contributed by atoms with E-state index in [2.05, 4.69) is 10.1 Å². The van der Waals surface area contributed by atoms with Crippen LogP contribution in [0, 0.1) is 5.92 Å². The number of nitrogens with one attached hydrogen (secondary N) is 2. The number of hydrogen-bond acceptors (Lipinski definition) is 9. The van der Waals surface area contributed by atoms with Crippen molar-refractivity contribution in [1.29, 1.82) is 0 Å². The standard InChI is InChI=1S/C16H26N3O9P/c1-8(2)27-15(22)9(3)18-29(24)25-6-10-11(7-26-29)28-14(13(10)21)19-5-4-12(20)17-16(19)23/h4-5,8-11,13-15,21-22H,6-7H2,1-3H3,(H,18,24)(H,17,20,23)/t9?,10-,11-,13-,14-,15?,29?/m1/s1. The topological polar surface area (TPSA) is 161 Å². The maximum Gasteiger partial charge on any atom is 0.406 e. The quantitative estimate of drug-likeness (QED) is 0.332. The van der Waals surface area contributed by atoms with Crippen LogP contribution in [-0.2, 0) is 23.1 Å². The van der Waals surface area contributed by atoms with Crippen molar-refractivity contribution in [3.63, 3.8) is 0 Å². The van der Waals surface area contributed by atoms with Crippen LogP contribution in [0.25, 0.3) is 0 Å². The average molecular weight is 435 g/mol. The molecule has 12 nitrogen and oxygen atoms in total. The summed E-state index contributed by atoms with van der Waals surface area (Å²) < 4.78 is 35.7. The van der Waals surface area contributed by atoms with E-state index in [1.54, 1.807) is 20.8 Å². The first-order chi connectivity index (χ1) is 13.6. The predicted molar refractivity (Wildman–Crippen MR) is 99.1 cm³/mol. The molecule has 2 aliphatic heterocycles. The van der Waals surface area contributed by atoms with Crippen LogP contribution in [0.5, 0.6) is 0 Å². The van der Waals surface area contributed by atoms with Gasteiger partial charge in [0.05, 0.1) is 31.5 Å². The van der Waals surface area contributed by atoms with Crippen LogP contribution in [0.3, 0.4) is 0 Å². The Balaban J connectivity index is 1.67. The molecule has 1 aromatic heterocycles. The molecule has 1 aromatic rings. The third-order valence-corrected chi connectivity index (χ3v) is 6.40. The van der Waals surface area contributed by atoms with Crippen LogP contribution in [0.2, 0.25) is 0 Å². The lowest BCUT2D eigenvalue weighted by molar-refractivity contribution is -0.138. The molecule has 3 unspecified atom stereocenters. The van der Waals surface area contributed by atoms with E-state index in [4.69, 9.17) is 18.5 Å². The van der Waals surface area contributed by atoms with Gasteiger partial charge in [0.25, 0.3) is 5.56 Å². The third-order valence-electron chi connectivity index (χ3n) is 4.69. The van der Waals surface area contributed by atoms with E-state index >= 15 is 0 Å². The molecule has 4 N–H and O–H groups in total. The van der Waals surface area contributed by atoms with Gasteiger partial charge in [-0.1, -0.05) is 0 Å². The zero-order valence-corrected chi connectivity index (χ0v) is 17.2. The van der Waals surface area contributed by atoms with Crippen LogP contribution in [-0.4, -0.2) is 63.6 Å². The summed E-state index contributed by atoms with van der Waals surface area (Å²) in [5.41, 5.74) is -1.29. The van der Waals surface area contributed by atoms with E-state index in [0.717, 1.165) is 10.6 Å². The van der Waals surface area contributed by atoms with Gasteiger partial charge < -0.3 is 19.7 Å². The van der Waals surface area contributed by atoms with Crippen molar-refractivity contribution in [3.8, 4) is 0 Å².